The Morgan fingerprint density at radius 1 is 1.17 bits per heavy atom. The Morgan fingerprint density at radius 2 is 2.00 bits per heavy atom. The number of rotatable bonds is 4. The van der Waals surface area contributed by atoms with Crippen LogP contribution in [0.3, 0.4) is 0 Å². The first-order valence-electron chi connectivity index (χ1n) is 9.69. The van der Waals surface area contributed by atoms with Gasteiger partial charge in [-0.1, -0.05) is 18.2 Å². The van der Waals surface area contributed by atoms with E-state index in [1.165, 1.54) is 0 Å². The summed E-state index contributed by atoms with van der Waals surface area (Å²) in [5, 5.41) is 9.22. The van der Waals surface area contributed by atoms with Crippen molar-refractivity contribution < 1.29 is 13.6 Å². The minimum Gasteiger partial charge on any atom is -0.463 e. The van der Waals surface area contributed by atoms with Crippen LogP contribution in [0, 0.1) is 6.92 Å². The number of fused-ring (bicyclic) bond motifs is 2. The molecule has 0 saturated carbocycles. The van der Waals surface area contributed by atoms with Gasteiger partial charge in [-0.15, -0.1) is 0 Å². The molecule has 1 unspecified atom stereocenters. The Morgan fingerprint density at radius 3 is 2.77 bits per heavy atom. The van der Waals surface area contributed by atoms with E-state index in [4.69, 9.17) is 8.83 Å². The topological polar surface area (TPSA) is 86.1 Å². The van der Waals surface area contributed by atoms with Crippen molar-refractivity contribution in [2.45, 2.75) is 19.9 Å². The lowest BCUT2D eigenvalue weighted by molar-refractivity contribution is 0.0937. The van der Waals surface area contributed by atoms with Crippen molar-refractivity contribution in [2.75, 3.05) is 0 Å². The number of furan rings is 2. The zero-order valence-corrected chi connectivity index (χ0v) is 16.8. The second-order valence-electron chi connectivity index (χ2n) is 7.32. The zero-order valence-electron chi connectivity index (χ0n) is 16.8. The fraction of sp³-hybridized carbons (Fsp3) is 0.174. The van der Waals surface area contributed by atoms with Gasteiger partial charge in [-0.3, -0.25) is 9.48 Å². The quantitative estimate of drug-likeness (QED) is 0.469. The van der Waals surface area contributed by atoms with Crippen LogP contribution in [0.25, 0.3) is 33.5 Å². The zero-order chi connectivity index (χ0) is 20.8. The molecule has 0 saturated heterocycles. The van der Waals surface area contributed by atoms with Crippen LogP contribution in [0.1, 0.15) is 34.8 Å². The number of aromatic nitrogens is 3. The van der Waals surface area contributed by atoms with Crippen LogP contribution in [-0.4, -0.2) is 20.7 Å². The monoisotopic (exact) mass is 400 g/mol. The van der Waals surface area contributed by atoms with Crippen LogP contribution < -0.4 is 5.32 Å². The van der Waals surface area contributed by atoms with E-state index >= 15 is 0 Å². The summed E-state index contributed by atoms with van der Waals surface area (Å²) in [5.41, 5.74) is 3.25. The largest absolute Gasteiger partial charge is 0.463 e. The Balaban J connectivity index is 1.55. The molecule has 5 aromatic rings. The maximum atomic E-state index is 13.3. The van der Waals surface area contributed by atoms with Crippen molar-refractivity contribution in [1.29, 1.82) is 0 Å². The highest BCUT2D eigenvalue weighted by Gasteiger charge is 2.22. The van der Waals surface area contributed by atoms with Gasteiger partial charge in [-0.2, -0.15) is 5.10 Å². The van der Waals surface area contributed by atoms with Crippen molar-refractivity contribution in [3.63, 3.8) is 0 Å². The maximum Gasteiger partial charge on any atom is 0.252 e. The number of para-hydroxylation sites is 1. The SMILES string of the molecule is Cc1nn(C)c2nc(-c3ccco3)cc(C(=O)NC(C)c3cc4ccccc4o3)c12. The van der Waals surface area contributed by atoms with Gasteiger partial charge in [0.2, 0.25) is 0 Å². The Kier molecular flexibility index (Phi) is 4.17. The molecule has 0 spiro atoms. The maximum absolute atomic E-state index is 13.3. The average Bonchev–Trinajstić information content (AvgIpc) is 3.47. The molecular formula is C23H20N4O3. The molecule has 0 aliphatic carbocycles. The Labute approximate surface area is 172 Å². The number of carbonyl (C=O) groups is 1. The summed E-state index contributed by atoms with van der Waals surface area (Å²) in [6, 6.07) is 14.8. The third kappa shape index (κ3) is 2.95. The van der Waals surface area contributed by atoms with Gasteiger partial charge in [0.05, 0.1) is 28.9 Å². The number of hydrogen-bond acceptors (Lipinski definition) is 5. The number of pyridine rings is 1. The van der Waals surface area contributed by atoms with Gasteiger partial charge in [0.15, 0.2) is 11.4 Å². The fourth-order valence-corrected chi connectivity index (χ4v) is 3.74. The Bertz CT molecular complexity index is 1350. The van der Waals surface area contributed by atoms with E-state index in [0.29, 0.717) is 28.4 Å². The number of nitrogens with zero attached hydrogens (tertiary/aromatic N) is 3. The van der Waals surface area contributed by atoms with Gasteiger partial charge >= 0.3 is 0 Å². The van der Waals surface area contributed by atoms with Gasteiger partial charge in [0.25, 0.3) is 5.91 Å². The molecule has 0 radical (unpaired) electrons. The molecule has 7 nitrogen and oxygen atoms in total. The molecule has 1 atom stereocenters. The fourth-order valence-electron chi connectivity index (χ4n) is 3.74. The van der Waals surface area contributed by atoms with Crippen LogP contribution in [-0.2, 0) is 7.05 Å². The van der Waals surface area contributed by atoms with Crippen molar-refractivity contribution in [2.24, 2.45) is 7.05 Å². The number of aryl methyl sites for hydroxylation is 2. The molecule has 0 fully saturated rings. The first-order chi connectivity index (χ1) is 14.5. The second kappa shape index (κ2) is 6.88. The predicted molar refractivity (Wildman–Crippen MR) is 113 cm³/mol. The van der Waals surface area contributed by atoms with E-state index in [9.17, 15) is 4.79 Å². The first-order valence-corrected chi connectivity index (χ1v) is 9.69. The number of carbonyl (C=O) groups excluding carboxylic acids is 1. The molecule has 7 heteroatoms. The smallest absolute Gasteiger partial charge is 0.252 e. The molecule has 0 bridgehead atoms. The summed E-state index contributed by atoms with van der Waals surface area (Å²) in [6.07, 6.45) is 1.58. The first kappa shape index (κ1) is 18.2. The third-order valence-corrected chi connectivity index (χ3v) is 5.21. The standard InChI is InChI=1S/C23H20N4O3/c1-13(20-11-15-7-4-5-8-18(15)30-20)24-23(28)16-12-17(19-9-6-10-29-19)25-22-21(16)14(2)26-27(22)3/h4-13H,1-3H3,(H,24,28). The molecule has 1 aromatic carbocycles. The van der Waals surface area contributed by atoms with E-state index in [1.54, 1.807) is 23.1 Å². The minimum absolute atomic E-state index is 0.223. The molecule has 0 aliphatic heterocycles. The average molecular weight is 400 g/mol. The van der Waals surface area contributed by atoms with Crippen molar-refractivity contribution in [1.82, 2.24) is 20.1 Å². The van der Waals surface area contributed by atoms with E-state index in [0.717, 1.165) is 22.0 Å². The van der Waals surface area contributed by atoms with E-state index < -0.39 is 0 Å². The van der Waals surface area contributed by atoms with E-state index in [1.807, 2.05) is 57.3 Å². The van der Waals surface area contributed by atoms with Crippen LogP contribution in [0.15, 0.2) is 63.6 Å². The molecule has 1 N–H and O–H groups in total. The summed E-state index contributed by atoms with van der Waals surface area (Å²) in [4.78, 5) is 17.9. The summed E-state index contributed by atoms with van der Waals surface area (Å²) in [7, 11) is 1.81. The van der Waals surface area contributed by atoms with E-state index in [-0.39, 0.29) is 11.9 Å². The predicted octanol–water partition coefficient (Wildman–Crippen LogP) is 4.77. The highest BCUT2D eigenvalue weighted by atomic mass is 16.3. The summed E-state index contributed by atoms with van der Waals surface area (Å²) in [6.45, 7) is 3.77. The molecule has 1 amide bonds. The summed E-state index contributed by atoms with van der Waals surface area (Å²) < 4.78 is 13.1. The molecule has 150 valence electrons. The van der Waals surface area contributed by atoms with Gasteiger partial charge in [-0.25, -0.2) is 4.98 Å². The number of amides is 1. The highest BCUT2D eigenvalue weighted by molar-refractivity contribution is 6.07. The van der Waals surface area contributed by atoms with Crippen molar-refractivity contribution in [3.05, 3.63) is 71.8 Å². The number of benzene rings is 1. The Hall–Kier alpha value is -3.87. The second-order valence-corrected chi connectivity index (χ2v) is 7.32. The molecule has 5 rings (SSSR count). The lowest BCUT2D eigenvalue weighted by Crippen LogP contribution is -2.26. The lowest BCUT2D eigenvalue weighted by Gasteiger charge is -2.13. The summed E-state index contributed by atoms with van der Waals surface area (Å²) >= 11 is 0. The van der Waals surface area contributed by atoms with Crippen molar-refractivity contribution >= 4 is 27.9 Å². The lowest BCUT2D eigenvalue weighted by atomic mass is 10.1. The molecule has 4 heterocycles. The molecule has 30 heavy (non-hydrogen) atoms. The summed E-state index contributed by atoms with van der Waals surface area (Å²) in [5.74, 6) is 1.07. The van der Waals surface area contributed by atoms with Gasteiger partial charge in [0.1, 0.15) is 17.0 Å². The van der Waals surface area contributed by atoms with Gasteiger partial charge < -0.3 is 14.2 Å². The minimum atomic E-state index is -0.308. The van der Waals surface area contributed by atoms with E-state index in [2.05, 4.69) is 15.4 Å². The van der Waals surface area contributed by atoms with Gasteiger partial charge in [0, 0.05) is 12.4 Å². The number of nitrogens with one attached hydrogen (secondary N) is 1. The van der Waals surface area contributed by atoms with Crippen LogP contribution in [0.4, 0.5) is 0 Å². The van der Waals surface area contributed by atoms with Crippen LogP contribution in [0.5, 0.6) is 0 Å². The molecule has 0 aliphatic rings. The molecular weight excluding hydrogens is 380 g/mol. The number of hydrogen-bond donors (Lipinski definition) is 1. The normalized spacial score (nSPS) is 12.5. The molecule has 4 aromatic heterocycles. The highest BCUT2D eigenvalue weighted by Crippen LogP contribution is 2.28. The van der Waals surface area contributed by atoms with Gasteiger partial charge in [-0.05, 0) is 44.2 Å². The van der Waals surface area contributed by atoms with Crippen molar-refractivity contribution in [3.8, 4) is 11.5 Å². The third-order valence-electron chi connectivity index (χ3n) is 5.21. The van der Waals surface area contributed by atoms with Crippen LogP contribution >= 0.6 is 0 Å². The van der Waals surface area contributed by atoms with Crippen LogP contribution in [0.2, 0.25) is 0 Å².